The van der Waals surface area contributed by atoms with Crippen molar-refractivity contribution in [2.45, 2.75) is 25.3 Å². The number of nitrogens with zero attached hydrogens (tertiary/aromatic N) is 1. The van der Waals surface area contributed by atoms with E-state index >= 15 is 0 Å². The average Bonchev–Trinajstić information content (AvgIpc) is 2.84. The Morgan fingerprint density at radius 3 is 2.85 bits per heavy atom. The lowest BCUT2D eigenvalue weighted by atomic mass is 10.1. The van der Waals surface area contributed by atoms with Crippen LogP contribution in [0.4, 0.5) is 20.2 Å². The van der Waals surface area contributed by atoms with Gasteiger partial charge in [0.05, 0.1) is 11.0 Å². The number of hydrogen-bond acceptors (Lipinski definition) is 4. The summed E-state index contributed by atoms with van der Waals surface area (Å²) in [5, 5.41) is 16.0. The predicted octanol–water partition coefficient (Wildman–Crippen LogP) is 1.95. The second-order valence-corrected chi connectivity index (χ2v) is 4.58. The molecule has 8 heteroatoms. The quantitative estimate of drug-likeness (QED) is 0.654. The zero-order valence-electron chi connectivity index (χ0n) is 10.5. The second kappa shape index (κ2) is 5.91. The number of benzene rings is 1. The molecule has 1 unspecified atom stereocenters. The van der Waals surface area contributed by atoms with Crippen LogP contribution in [-0.4, -0.2) is 23.4 Å². The Bertz CT molecular complexity index is 545. The second-order valence-electron chi connectivity index (χ2n) is 4.58. The van der Waals surface area contributed by atoms with E-state index in [0.717, 1.165) is 19.4 Å². The molecule has 2 N–H and O–H groups in total. The van der Waals surface area contributed by atoms with Gasteiger partial charge >= 0.3 is 0 Å². The molecule has 0 aromatic heterocycles. The van der Waals surface area contributed by atoms with Crippen molar-refractivity contribution in [1.29, 1.82) is 0 Å². The highest BCUT2D eigenvalue weighted by atomic mass is 19.1. The van der Waals surface area contributed by atoms with Crippen LogP contribution in [0.25, 0.3) is 0 Å². The number of nitro benzene ring substituents is 1. The largest absolute Gasteiger partial charge is 0.318 e. The lowest BCUT2D eigenvalue weighted by Crippen LogP contribution is -2.27. The zero-order chi connectivity index (χ0) is 14.7. The third-order valence-corrected chi connectivity index (χ3v) is 3.09. The fourth-order valence-electron chi connectivity index (χ4n) is 2.17. The highest BCUT2D eigenvalue weighted by Gasteiger charge is 2.24. The van der Waals surface area contributed by atoms with Crippen LogP contribution in [0.1, 0.15) is 19.3 Å². The molecule has 1 aliphatic rings. The first-order chi connectivity index (χ1) is 9.47. The number of halogens is 2. The molecule has 0 spiro atoms. The van der Waals surface area contributed by atoms with Gasteiger partial charge in [-0.1, -0.05) is 0 Å². The number of nitro groups is 1. The summed E-state index contributed by atoms with van der Waals surface area (Å²) in [4.78, 5) is 21.6. The predicted molar refractivity (Wildman–Crippen MR) is 67.3 cm³/mol. The van der Waals surface area contributed by atoms with Crippen molar-refractivity contribution < 1.29 is 18.5 Å². The Morgan fingerprint density at radius 1 is 1.50 bits per heavy atom. The van der Waals surface area contributed by atoms with Crippen LogP contribution in [0, 0.1) is 21.7 Å². The standard InChI is InChI=1S/C12H13F2N3O3/c13-7-4-9(14)12(10(5-7)17(19)20)16-11(18)6-8-2-1-3-15-8/h4-5,8,15H,1-3,6H2,(H,16,18). The molecule has 1 aromatic carbocycles. The summed E-state index contributed by atoms with van der Waals surface area (Å²) in [6.45, 7) is 0.809. The van der Waals surface area contributed by atoms with Crippen LogP contribution >= 0.6 is 0 Å². The molecule has 1 atom stereocenters. The molecule has 0 aliphatic carbocycles. The van der Waals surface area contributed by atoms with Gasteiger partial charge in [0, 0.05) is 18.5 Å². The van der Waals surface area contributed by atoms with Crippen LogP contribution in [0.5, 0.6) is 0 Å². The summed E-state index contributed by atoms with van der Waals surface area (Å²) < 4.78 is 26.5. The number of hydrogen-bond donors (Lipinski definition) is 2. The maximum Gasteiger partial charge on any atom is 0.298 e. The molecular formula is C12H13F2N3O3. The van der Waals surface area contributed by atoms with E-state index in [9.17, 15) is 23.7 Å². The van der Waals surface area contributed by atoms with Crippen molar-refractivity contribution in [2.75, 3.05) is 11.9 Å². The Morgan fingerprint density at radius 2 is 2.25 bits per heavy atom. The number of rotatable bonds is 4. The van der Waals surface area contributed by atoms with Crippen molar-refractivity contribution in [3.05, 3.63) is 33.9 Å². The van der Waals surface area contributed by atoms with E-state index < -0.39 is 33.8 Å². The molecular weight excluding hydrogens is 272 g/mol. The third kappa shape index (κ3) is 3.27. The lowest BCUT2D eigenvalue weighted by Gasteiger charge is -2.11. The fourth-order valence-corrected chi connectivity index (χ4v) is 2.17. The Balaban J connectivity index is 2.15. The topological polar surface area (TPSA) is 84.3 Å². The maximum atomic E-state index is 13.6. The summed E-state index contributed by atoms with van der Waals surface area (Å²) in [6, 6.07) is 1.06. The highest BCUT2D eigenvalue weighted by molar-refractivity contribution is 5.93. The number of carbonyl (C=O) groups excluding carboxylic acids is 1. The maximum absolute atomic E-state index is 13.6. The molecule has 1 amide bonds. The number of nitrogens with one attached hydrogen (secondary N) is 2. The van der Waals surface area contributed by atoms with E-state index in [4.69, 9.17) is 0 Å². The van der Waals surface area contributed by atoms with Crippen molar-refractivity contribution >= 4 is 17.3 Å². The van der Waals surface area contributed by atoms with E-state index in [0.29, 0.717) is 12.1 Å². The SMILES string of the molecule is O=C(CC1CCCN1)Nc1c(F)cc(F)cc1[N+](=O)[O-]. The number of anilines is 1. The van der Waals surface area contributed by atoms with Crippen LogP contribution < -0.4 is 10.6 Å². The number of carbonyl (C=O) groups is 1. The van der Waals surface area contributed by atoms with Crippen molar-refractivity contribution in [2.24, 2.45) is 0 Å². The van der Waals surface area contributed by atoms with E-state index in [1.165, 1.54) is 0 Å². The molecule has 1 aliphatic heterocycles. The van der Waals surface area contributed by atoms with Gasteiger partial charge in [-0.05, 0) is 19.4 Å². The first-order valence-electron chi connectivity index (χ1n) is 6.14. The van der Waals surface area contributed by atoms with Crippen molar-refractivity contribution in [3.63, 3.8) is 0 Å². The van der Waals surface area contributed by atoms with E-state index in [1.807, 2.05) is 0 Å². The molecule has 1 fully saturated rings. The molecule has 0 bridgehead atoms. The van der Waals surface area contributed by atoms with Gasteiger partial charge in [0.15, 0.2) is 11.5 Å². The highest BCUT2D eigenvalue weighted by Crippen LogP contribution is 2.29. The van der Waals surface area contributed by atoms with Gasteiger partial charge < -0.3 is 10.6 Å². The number of amides is 1. The summed E-state index contributed by atoms with van der Waals surface area (Å²) in [7, 11) is 0. The molecule has 1 aromatic rings. The fraction of sp³-hybridized carbons (Fsp3) is 0.417. The van der Waals surface area contributed by atoms with E-state index in [1.54, 1.807) is 0 Å². The van der Waals surface area contributed by atoms with Gasteiger partial charge in [-0.25, -0.2) is 8.78 Å². The first kappa shape index (κ1) is 14.3. The smallest absolute Gasteiger partial charge is 0.298 e. The third-order valence-electron chi connectivity index (χ3n) is 3.09. The van der Waals surface area contributed by atoms with Gasteiger partial charge in [0.2, 0.25) is 5.91 Å². The van der Waals surface area contributed by atoms with Gasteiger partial charge in [0.25, 0.3) is 5.69 Å². The Hall–Kier alpha value is -2.09. The van der Waals surface area contributed by atoms with Gasteiger partial charge in [-0.15, -0.1) is 0 Å². The summed E-state index contributed by atoms with van der Waals surface area (Å²) in [6.07, 6.45) is 1.86. The zero-order valence-corrected chi connectivity index (χ0v) is 10.5. The van der Waals surface area contributed by atoms with Gasteiger partial charge in [-0.3, -0.25) is 14.9 Å². The summed E-state index contributed by atoms with van der Waals surface area (Å²) in [5.74, 6) is -2.77. The van der Waals surface area contributed by atoms with E-state index in [2.05, 4.69) is 10.6 Å². The van der Waals surface area contributed by atoms with Crippen molar-refractivity contribution in [1.82, 2.24) is 5.32 Å². The van der Waals surface area contributed by atoms with Crippen LogP contribution in [0.15, 0.2) is 12.1 Å². The Labute approximate surface area is 113 Å². The van der Waals surface area contributed by atoms with Crippen LogP contribution in [0.3, 0.4) is 0 Å². The molecule has 0 saturated carbocycles. The molecule has 108 valence electrons. The van der Waals surface area contributed by atoms with Gasteiger partial charge in [-0.2, -0.15) is 0 Å². The first-order valence-corrected chi connectivity index (χ1v) is 6.14. The van der Waals surface area contributed by atoms with Crippen LogP contribution in [0.2, 0.25) is 0 Å². The van der Waals surface area contributed by atoms with Crippen LogP contribution in [-0.2, 0) is 4.79 Å². The Kier molecular flexibility index (Phi) is 4.23. The molecule has 6 nitrogen and oxygen atoms in total. The minimum absolute atomic E-state index is 0.0161. The summed E-state index contributed by atoms with van der Waals surface area (Å²) in [5.41, 5.74) is -1.39. The molecule has 2 rings (SSSR count). The van der Waals surface area contributed by atoms with E-state index in [-0.39, 0.29) is 12.5 Å². The lowest BCUT2D eigenvalue weighted by molar-refractivity contribution is -0.384. The average molecular weight is 285 g/mol. The summed E-state index contributed by atoms with van der Waals surface area (Å²) >= 11 is 0. The minimum atomic E-state index is -1.16. The molecule has 0 radical (unpaired) electrons. The molecule has 1 heterocycles. The molecule has 1 saturated heterocycles. The molecule has 20 heavy (non-hydrogen) atoms. The minimum Gasteiger partial charge on any atom is -0.318 e. The normalized spacial score (nSPS) is 18.0. The van der Waals surface area contributed by atoms with Crippen molar-refractivity contribution in [3.8, 4) is 0 Å². The monoisotopic (exact) mass is 285 g/mol. The van der Waals surface area contributed by atoms with Gasteiger partial charge in [0.1, 0.15) is 5.82 Å².